The molecule has 2 aliphatic heterocycles. The molecule has 4 aromatic rings. The third-order valence-electron chi connectivity index (χ3n) is 11.3. The number of allylic oxidation sites excluding steroid dienone is 2. The lowest BCUT2D eigenvalue weighted by Gasteiger charge is -2.50. The maximum Gasteiger partial charge on any atom is 0.269 e. The van der Waals surface area contributed by atoms with Gasteiger partial charge in [-0.15, -0.1) is 0 Å². The van der Waals surface area contributed by atoms with Gasteiger partial charge in [-0.1, -0.05) is 71.8 Å². The molecule has 0 unspecified atom stereocenters. The van der Waals surface area contributed by atoms with E-state index in [1.165, 1.54) is 24.3 Å². The van der Waals surface area contributed by atoms with Crippen LogP contribution >= 0.6 is 0 Å². The van der Waals surface area contributed by atoms with Crippen LogP contribution in [0.1, 0.15) is 41.0 Å². The number of fused-ring (bicyclic) bond motifs is 4. The lowest BCUT2D eigenvalue weighted by molar-refractivity contribution is -0.384. The zero-order valence-corrected chi connectivity index (χ0v) is 27.9. The van der Waals surface area contributed by atoms with Crippen LogP contribution in [0.3, 0.4) is 0 Å². The van der Waals surface area contributed by atoms with Gasteiger partial charge in [0.2, 0.25) is 11.8 Å². The quantitative estimate of drug-likeness (QED) is 0.107. The molecular formula is C40H34N4O7. The van der Waals surface area contributed by atoms with Gasteiger partial charge in [0.15, 0.2) is 0 Å². The molecule has 0 bridgehead atoms. The Morgan fingerprint density at radius 2 is 1.55 bits per heavy atom. The smallest absolute Gasteiger partial charge is 0.269 e. The second-order valence-corrected chi connectivity index (χ2v) is 13.9. The van der Waals surface area contributed by atoms with E-state index < -0.39 is 63.6 Å². The highest BCUT2D eigenvalue weighted by molar-refractivity contribution is 6.22. The Bertz CT molecular complexity index is 2170. The number of aryl methyl sites for hydroxylation is 2. The molecule has 11 heteroatoms. The number of hydrogen-bond acceptors (Lipinski definition) is 8. The summed E-state index contributed by atoms with van der Waals surface area (Å²) in [5, 5.41) is 23.0. The number of hydrazine groups is 1. The molecule has 256 valence electrons. The zero-order chi connectivity index (χ0) is 35.8. The summed E-state index contributed by atoms with van der Waals surface area (Å²) in [5.41, 5.74) is 6.08. The molecule has 11 nitrogen and oxygen atoms in total. The summed E-state index contributed by atoms with van der Waals surface area (Å²) >= 11 is 0. The van der Waals surface area contributed by atoms with Crippen LogP contribution in [-0.2, 0) is 24.6 Å². The van der Waals surface area contributed by atoms with Gasteiger partial charge in [0.05, 0.1) is 39.5 Å². The maximum absolute atomic E-state index is 15.2. The summed E-state index contributed by atoms with van der Waals surface area (Å²) in [5.74, 6) is -5.34. The molecule has 0 spiro atoms. The van der Waals surface area contributed by atoms with E-state index in [2.05, 4.69) is 5.43 Å². The number of nitro benzene ring substituents is 1. The van der Waals surface area contributed by atoms with Crippen LogP contribution in [0.5, 0.6) is 5.75 Å². The van der Waals surface area contributed by atoms with Crippen molar-refractivity contribution < 1.29 is 29.2 Å². The molecule has 8 rings (SSSR count). The standard InChI is InChI=1S/C40H34N4O7/c1-22-8-11-26(12-9-22)41-43-37(47)32-21-31-29(17-18-30-34(31)38(48)42(36(30)46)27-13-15-28(16-14-27)44(50)51)35(24-10-19-33(45)23(2)20-24)40(32,39(43)49)25-6-4-3-5-7-25/h3-17,19-20,30-32,34-35,41,45H,18,21H2,1-2H3/t30-,31+,32-,34-,35-,40+/m0/s1. The topological polar surface area (TPSA) is 150 Å². The molecule has 0 radical (unpaired) electrons. The van der Waals surface area contributed by atoms with Gasteiger partial charge in [-0.2, -0.15) is 5.01 Å². The van der Waals surface area contributed by atoms with Crippen molar-refractivity contribution >= 4 is 40.7 Å². The van der Waals surface area contributed by atoms with Crippen LogP contribution in [0, 0.1) is 47.6 Å². The van der Waals surface area contributed by atoms with Crippen molar-refractivity contribution in [2.75, 3.05) is 10.3 Å². The SMILES string of the molecule is Cc1ccc(NN2C(=O)[C@@H]3C[C@@H]4C(=CC[C@@H]5C(=O)N(c6ccc([N+](=O)[O-])cc6)C(=O)[C@@H]54)[C@H](c4ccc(O)c(C)c4)[C@]3(c3ccccc3)C2=O)cc1. The first-order valence-corrected chi connectivity index (χ1v) is 16.9. The van der Waals surface area contributed by atoms with Gasteiger partial charge in [0, 0.05) is 18.1 Å². The number of non-ortho nitro benzene ring substituents is 1. The van der Waals surface area contributed by atoms with Crippen LogP contribution in [0.25, 0.3) is 0 Å². The summed E-state index contributed by atoms with van der Waals surface area (Å²) in [7, 11) is 0. The number of hydrogen-bond donors (Lipinski definition) is 2. The van der Waals surface area contributed by atoms with Crippen molar-refractivity contribution in [1.29, 1.82) is 0 Å². The number of phenols is 1. The minimum atomic E-state index is -1.42. The summed E-state index contributed by atoms with van der Waals surface area (Å²) in [6.45, 7) is 3.71. The van der Waals surface area contributed by atoms with E-state index in [0.717, 1.165) is 21.0 Å². The first-order chi connectivity index (χ1) is 24.5. The number of aromatic hydroxyl groups is 1. The minimum Gasteiger partial charge on any atom is -0.508 e. The van der Waals surface area contributed by atoms with Crippen molar-refractivity contribution in [1.82, 2.24) is 5.01 Å². The molecule has 2 heterocycles. The normalized spacial score (nSPS) is 26.8. The fourth-order valence-electron chi connectivity index (χ4n) is 8.96. The summed E-state index contributed by atoms with van der Waals surface area (Å²) in [6, 6.07) is 27.1. The van der Waals surface area contributed by atoms with E-state index in [4.69, 9.17) is 0 Å². The number of nitrogens with zero attached hydrogens (tertiary/aromatic N) is 3. The fourth-order valence-corrected chi connectivity index (χ4v) is 8.96. The number of benzene rings is 4. The van der Waals surface area contributed by atoms with Crippen LogP contribution in [0.2, 0.25) is 0 Å². The van der Waals surface area contributed by atoms with Crippen molar-refractivity contribution in [3.05, 3.63) is 141 Å². The number of amides is 4. The Labute approximate surface area is 293 Å². The molecule has 1 saturated carbocycles. The van der Waals surface area contributed by atoms with E-state index in [-0.39, 0.29) is 30.0 Å². The Morgan fingerprint density at radius 3 is 2.22 bits per heavy atom. The number of carbonyl (C=O) groups is 4. The molecule has 6 atom stereocenters. The lowest BCUT2D eigenvalue weighted by atomic mass is 9.49. The highest BCUT2D eigenvalue weighted by Gasteiger charge is 2.70. The number of nitro groups is 1. The van der Waals surface area contributed by atoms with Crippen molar-refractivity contribution in [2.24, 2.45) is 23.7 Å². The number of nitrogens with one attached hydrogen (secondary N) is 1. The van der Waals surface area contributed by atoms with Crippen LogP contribution in [0.15, 0.2) is 109 Å². The van der Waals surface area contributed by atoms with Crippen molar-refractivity contribution in [3.8, 4) is 5.75 Å². The predicted octanol–water partition coefficient (Wildman–Crippen LogP) is 6.11. The van der Waals surface area contributed by atoms with Crippen LogP contribution in [0.4, 0.5) is 17.1 Å². The zero-order valence-electron chi connectivity index (χ0n) is 27.9. The van der Waals surface area contributed by atoms with Crippen molar-refractivity contribution in [2.45, 2.75) is 38.0 Å². The van der Waals surface area contributed by atoms with Crippen LogP contribution < -0.4 is 10.3 Å². The monoisotopic (exact) mass is 682 g/mol. The molecule has 3 fully saturated rings. The number of carbonyl (C=O) groups excluding carboxylic acids is 4. The van der Waals surface area contributed by atoms with E-state index >= 15 is 4.79 Å². The lowest BCUT2D eigenvalue weighted by Crippen LogP contribution is -2.53. The highest BCUT2D eigenvalue weighted by atomic mass is 16.6. The number of imide groups is 2. The molecule has 2 aliphatic carbocycles. The van der Waals surface area contributed by atoms with Crippen molar-refractivity contribution in [3.63, 3.8) is 0 Å². The molecule has 2 N–H and O–H groups in total. The third kappa shape index (κ3) is 4.71. The average molecular weight is 683 g/mol. The Balaban J connectivity index is 1.29. The van der Waals surface area contributed by atoms with Gasteiger partial charge in [-0.05, 0) is 79.6 Å². The van der Waals surface area contributed by atoms with E-state index in [1.54, 1.807) is 31.2 Å². The number of anilines is 2. The van der Waals surface area contributed by atoms with Gasteiger partial charge in [-0.25, -0.2) is 0 Å². The Kier molecular flexibility index (Phi) is 7.41. The van der Waals surface area contributed by atoms with Gasteiger partial charge < -0.3 is 5.11 Å². The molecule has 51 heavy (non-hydrogen) atoms. The first-order valence-electron chi connectivity index (χ1n) is 16.9. The Hall–Kier alpha value is -6.10. The molecule has 4 amide bonds. The van der Waals surface area contributed by atoms with E-state index in [9.17, 15) is 29.6 Å². The molecule has 0 aromatic heterocycles. The van der Waals surface area contributed by atoms with Gasteiger partial charge in [-0.3, -0.25) is 39.6 Å². The van der Waals surface area contributed by atoms with E-state index in [1.807, 2.05) is 61.5 Å². The minimum absolute atomic E-state index is 0.0842. The third-order valence-corrected chi connectivity index (χ3v) is 11.3. The van der Waals surface area contributed by atoms with Crippen LogP contribution in [-0.4, -0.2) is 38.7 Å². The molecule has 2 saturated heterocycles. The predicted molar refractivity (Wildman–Crippen MR) is 187 cm³/mol. The molecule has 4 aromatic carbocycles. The second kappa shape index (κ2) is 11.8. The molecular weight excluding hydrogens is 648 g/mol. The largest absolute Gasteiger partial charge is 0.508 e. The summed E-state index contributed by atoms with van der Waals surface area (Å²) in [6.07, 6.45) is 2.35. The van der Waals surface area contributed by atoms with Gasteiger partial charge in [0.1, 0.15) is 5.75 Å². The second-order valence-electron chi connectivity index (χ2n) is 13.9. The van der Waals surface area contributed by atoms with Gasteiger partial charge in [0.25, 0.3) is 17.5 Å². The first kappa shape index (κ1) is 32.1. The maximum atomic E-state index is 15.2. The summed E-state index contributed by atoms with van der Waals surface area (Å²) < 4.78 is 0. The average Bonchev–Trinajstić information content (AvgIpc) is 3.51. The van der Waals surface area contributed by atoms with E-state index in [0.29, 0.717) is 22.4 Å². The van der Waals surface area contributed by atoms with Gasteiger partial charge >= 0.3 is 0 Å². The summed E-state index contributed by atoms with van der Waals surface area (Å²) in [4.78, 5) is 70.2. The number of phenolic OH excluding ortho intramolecular Hbond substituents is 1. The molecule has 4 aliphatic rings. The number of rotatable bonds is 6. The fraction of sp³-hybridized carbons (Fsp3) is 0.250. The Morgan fingerprint density at radius 1 is 0.843 bits per heavy atom. The highest BCUT2D eigenvalue weighted by Crippen LogP contribution is 2.64.